The van der Waals surface area contributed by atoms with E-state index < -0.39 is 0 Å². The summed E-state index contributed by atoms with van der Waals surface area (Å²) in [4.78, 5) is 17.8. The number of benzene rings is 2. The number of rotatable bonds is 7. The Bertz CT molecular complexity index is 807. The topological polar surface area (TPSA) is 42.0 Å². The predicted octanol–water partition coefficient (Wildman–Crippen LogP) is 3.81. The normalized spacial score (nSPS) is 18.3. The Morgan fingerprint density at radius 1 is 0.800 bits per heavy atom. The van der Waals surface area contributed by atoms with E-state index in [1.54, 1.807) is 0 Å². The maximum absolute atomic E-state index is 13.1. The molecular formula is C25H32N2O3. The first-order valence-electron chi connectivity index (χ1n) is 11.1. The molecule has 1 atom stereocenters. The third-order valence-electron chi connectivity index (χ3n) is 6.19. The fourth-order valence-electron chi connectivity index (χ4n) is 4.27. The summed E-state index contributed by atoms with van der Waals surface area (Å²) in [7, 11) is 0. The Morgan fingerprint density at radius 2 is 1.27 bits per heavy atom. The maximum atomic E-state index is 13.1. The molecule has 0 saturated carbocycles. The lowest BCUT2D eigenvalue weighted by atomic mass is 9.89. The van der Waals surface area contributed by atoms with Crippen molar-refractivity contribution < 1.29 is 14.3 Å². The van der Waals surface area contributed by atoms with Gasteiger partial charge in [0.1, 0.15) is 0 Å². The summed E-state index contributed by atoms with van der Waals surface area (Å²) in [6.45, 7) is 8.91. The second-order valence-corrected chi connectivity index (χ2v) is 8.09. The van der Waals surface area contributed by atoms with Crippen molar-refractivity contribution in [3.05, 3.63) is 59.7 Å². The molecule has 2 aliphatic heterocycles. The summed E-state index contributed by atoms with van der Waals surface area (Å²) < 4.78 is 10.9. The Balaban J connectivity index is 1.38. The van der Waals surface area contributed by atoms with Gasteiger partial charge in [0, 0.05) is 49.0 Å². The van der Waals surface area contributed by atoms with E-state index in [-0.39, 0.29) is 11.7 Å². The third-order valence-corrected chi connectivity index (χ3v) is 6.19. The minimum Gasteiger partial charge on any atom is -0.378 e. The number of nitrogens with zero attached hydrogens (tertiary/aromatic N) is 2. The summed E-state index contributed by atoms with van der Waals surface area (Å²) in [6, 6.07) is 16.8. The van der Waals surface area contributed by atoms with Gasteiger partial charge in [0.25, 0.3) is 0 Å². The molecule has 5 nitrogen and oxygen atoms in total. The lowest BCUT2D eigenvalue weighted by molar-refractivity contribution is 0.0916. The van der Waals surface area contributed by atoms with Crippen LogP contribution in [-0.4, -0.2) is 58.4 Å². The van der Waals surface area contributed by atoms with Crippen LogP contribution in [0.5, 0.6) is 0 Å². The standard InChI is InChI=1S/C25H32N2O3/c1-2-21(19-20-3-7-23(8-4-20)26-11-15-29-16-12-26)25(28)22-5-9-24(10-6-22)27-13-17-30-18-14-27/h3-10,21H,2,11-19H2,1H3. The Morgan fingerprint density at radius 3 is 1.73 bits per heavy atom. The fourth-order valence-corrected chi connectivity index (χ4v) is 4.27. The van der Waals surface area contributed by atoms with Crippen molar-refractivity contribution >= 4 is 17.2 Å². The average Bonchev–Trinajstić information content (AvgIpc) is 2.84. The van der Waals surface area contributed by atoms with Gasteiger partial charge in [-0.25, -0.2) is 0 Å². The van der Waals surface area contributed by atoms with Gasteiger partial charge in [0.15, 0.2) is 5.78 Å². The van der Waals surface area contributed by atoms with Crippen LogP contribution in [0.4, 0.5) is 11.4 Å². The number of carbonyl (C=O) groups is 1. The molecule has 2 saturated heterocycles. The predicted molar refractivity (Wildman–Crippen MR) is 121 cm³/mol. The van der Waals surface area contributed by atoms with E-state index in [4.69, 9.17) is 9.47 Å². The zero-order valence-corrected chi connectivity index (χ0v) is 17.9. The van der Waals surface area contributed by atoms with Crippen LogP contribution in [0.15, 0.2) is 48.5 Å². The minimum atomic E-state index is 0.00785. The van der Waals surface area contributed by atoms with E-state index in [1.165, 1.54) is 16.9 Å². The van der Waals surface area contributed by atoms with Crippen molar-refractivity contribution in [1.82, 2.24) is 0 Å². The number of morpholine rings is 2. The summed E-state index contributed by atoms with van der Waals surface area (Å²) >= 11 is 0. The van der Waals surface area contributed by atoms with Crippen LogP contribution < -0.4 is 9.80 Å². The number of Topliss-reactive ketones (excluding diaryl/α,β-unsaturated/α-hetero) is 1. The first kappa shape index (κ1) is 20.9. The van der Waals surface area contributed by atoms with Gasteiger partial charge in [0.2, 0.25) is 0 Å². The summed E-state index contributed by atoms with van der Waals surface area (Å²) in [5.74, 6) is 0.247. The van der Waals surface area contributed by atoms with Crippen LogP contribution in [0.25, 0.3) is 0 Å². The smallest absolute Gasteiger partial charge is 0.166 e. The van der Waals surface area contributed by atoms with Crippen LogP contribution >= 0.6 is 0 Å². The summed E-state index contributed by atoms with van der Waals surface area (Å²) in [6.07, 6.45) is 1.62. The van der Waals surface area contributed by atoms with Crippen molar-refractivity contribution in [3.8, 4) is 0 Å². The Kier molecular flexibility index (Phi) is 7.03. The maximum Gasteiger partial charge on any atom is 0.166 e. The van der Waals surface area contributed by atoms with Crippen LogP contribution in [0.3, 0.4) is 0 Å². The van der Waals surface area contributed by atoms with Crippen molar-refractivity contribution in [1.29, 1.82) is 0 Å². The molecule has 0 spiro atoms. The fraction of sp³-hybridized carbons (Fsp3) is 0.480. The second-order valence-electron chi connectivity index (χ2n) is 8.09. The van der Waals surface area contributed by atoms with Gasteiger partial charge in [-0.15, -0.1) is 0 Å². The van der Waals surface area contributed by atoms with Gasteiger partial charge in [0.05, 0.1) is 26.4 Å². The average molecular weight is 409 g/mol. The van der Waals surface area contributed by atoms with Gasteiger partial charge < -0.3 is 19.3 Å². The zero-order chi connectivity index (χ0) is 20.8. The molecule has 2 aromatic rings. The molecule has 0 bridgehead atoms. The molecule has 0 aliphatic carbocycles. The van der Waals surface area contributed by atoms with Gasteiger partial charge in [-0.1, -0.05) is 19.1 Å². The van der Waals surface area contributed by atoms with Crippen LogP contribution in [0, 0.1) is 5.92 Å². The number of ether oxygens (including phenoxy) is 2. The minimum absolute atomic E-state index is 0.00785. The van der Waals surface area contributed by atoms with E-state index in [2.05, 4.69) is 53.1 Å². The molecular weight excluding hydrogens is 376 g/mol. The number of anilines is 2. The lowest BCUT2D eigenvalue weighted by Crippen LogP contribution is -2.36. The molecule has 0 N–H and O–H groups in total. The van der Waals surface area contributed by atoms with E-state index >= 15 is 0 Å². The molecule has 2 aromatic carbocycles. The van der Waals surface area contributed by atoms with Crippen molar-refractivity contribution in [2.24, 2.45) is 5.92 Å². The molecule has 5 heteroatoms. The summed E-state index contributed by atoms with van der Waals surface area (Å²) in [5, 5.41) is 0. The number of hydrogen-bond acceptors (Lipinski definition) is 5. The van der Waals surface area contributed by atoms with E-state index in [0.717, 1.165) is 71.0 Å². The van der Waals surface area contributed by atoms with Gasteiger partial charge >= 0.3 is 0 Å². The Labute approximate surface area is 179 Å². The van der Waals surface area contributed by atoms with E-state index in [1.807, 2.05) is 12.1 Å². The number of ketones is 1. The summed E-state index contributed by atoms with van der Waals surface area (Å²) in [5.41, 5.74) is 4.43. The molecule has 160 valence electrons. The van der Waals surface area contributed by atoms with Crippen LogP contribution in [-0.2, 0) is 15.9 Å². The molecule has 1 unspecified atom stereocenters. The molecule has 0 aromatic heterocycles. The van der Waals surface area contributed by atoms with Gasteiger partial charge in [-0.3, -0.25) is 4.79 Å². The van der Waals surface area contributed by atoms with Crippen molar-refractivity contribution in [3.63, 3.8) is 0 Å². The number of hydrogen-bond donors (Lipinski definition) is 0. The molecule has 2 aliphatic rings. The molecule has 0 radical (unpaired) electrons. The lowest BCUT2D eigenvalue weighted by Gasteiger charge is -2.29. The SMILES string of the molecule is CCC(Cc1ccc(N2CCOCC2)cc1)C(=O)c1ccc(N2CCOCC2)cc1. The first-order chi connectivity index (χ1) is 14.7. The molecule has 30 heavy (non-hydrogen) atoms. The highest BCUT2D eigenvalue weighted by Crippen LogP contribution is 2.23. The van der Waals surface area contributed by atoms with Crippen molar-refractivity contribution in [2.75, 3.05) is 62.4 Å². The third kappa shape index (κ3) is 5.02. The molecule has 2 fully saturated rings. The van der Waals surface area contributed by atoms with Crippen LogP contribution in [0.1, 0.15) is 29.3 Å². The van der Waals surface area contributed by atoms with E-state index in [9.17, 15) is 4.79 Å². The quantitative estimate of drug-likeness (QED) is 0.652. The van der Waals surface area contributed by atoms with Gasteiger partial charge in [-0.2, -0.15) is 0 Å². The van der Waals surface area contributed by atoms with E-state index in [0.29, 0.717) is 0 Å². The molecule has 2 heterocycles. The number of carbonyl (C=O) groups excluding carboxylic acids is 1. The highest BCUT2D eigenvalue weighted by Gasteiger charge is 2.20. The highest BCUT2D eigenvalue weighted by atomic mass is 16.5. The van der Waals surface area contributed by atoms with Crippen LogP contribution in [0.2, 0.25) is 0 Å². The second kappa shape index (κ2) is 10.1. The molecule has 4 rings (SSSR count). The van der Waals surface area contributed by atoms with Gasteiger partial charge in [-0.05, 0) is 54.8 Å². The monoisotopic (exact) mass is 408 g/mol. The first-order valence-corrected chi connectivity index (χ1v) is 11.1. The Hall–Kier alpha value is -2.37. The zero-order valence-electron chi connectivity index (χ0n) is 17.9. The van der Waals surface area contributed by atoms with Crippen molar-refractivity contribution in [2.45, 2.75) is 19.8 Å². The highest BCUT2D eigenvalue weighted by molar-refractivity contribution is 5.98. The largest absolute Gasteiger partial charge is 0.378 e. The molecule has 0 amide bonds.